The van der Waals surface area contributed by atoms with Crippen LogP contribution < -0.4 is 0 Å². The fraction of sp³-hybridized carbons (Fsp3) is 0.364. The van der Waals surface area contributed by atoms with Crippen LogP contribution in [0.15, 0.2) is 22.4 Å². The van der Waals surface area contributed by atoms with Crippen molar-refractivity contribution < 1.29 is 18.8 Å². The minimum absolute atomic E-state index is 0.0218. The number of ketones is 1. The zero-order chi connectivity index (χ0) is 13.7. The van der Waals surface area contributed by atoms with E-state index >= 15 is 0 Å². The van der Waals surface area contributed by atoms with Gasteiger partial charge in [-0.3, -0.25) is 4.79 Å². The van der Waals surface area contributed by atoms with Crippen LogP contribution in [0.2, 0.25) is 5.22 Å². The maximum Gasteiger partial charge on any atom is 0.343 e. The van der Waals surface area contributed by atoms with Gasteiger partial charge in [0, 0.05) is 26.4 Å². The number of nitrogens with zero attached hydrogens (tertiary/aromatic N) is 2. The zero-order valence-electron chi connectivity index (χ0n) is 10.3. The van der Waals surface area contributed by atoms with E-state index in [9.17, 15) is 9.59 Å². The number of esters is 1. The predicted molar refractivity (Wildman–Crippen MR) is 64.2 cm³/mol. The molecule has 1 aromatic heterocycles. The van der Waals surface area contributed by atoms with Gasteiger partial charge in [-0.2, -0.15) is 0 Å². The summed E-state index contributed by atoms with van der Waals surface area (Å²) in [4.78, 5) is 25.3. The number of ether oxygens (including phenoxy) is 1. The molecule has 0 amide bonds. The normalized spacial score (nSPS) is 11.2. The summed E-state index contributed by atoms with van der Waals surface area (Å²) in [5.74, 6) is -1.31. The van der Waals surface area contributed by atoms with Crippen LogP contribution in [0.25, 0.3) is 0 Å². The monoisotopic (exact) mass is 272 g/mol. The molecule has 0 spiro atoms. The molecule has 0 N–H and O–H groups in total. The maximum absolute atomic E-state index is 12.0. The van der Waals surface area contributed by atoms with E-state index in [1.54, 1.807) is 25.9 Å². The molecular formula is C11H13ClN2O4. The molecule has 98 valence electrons. The summed E-state index contributed by atoms with van der Waals surface area (Å²) in [6.45, 7) is 1.83. The molecule has 0 aliphatic heterocycles. The number of carbonyl (C=O) groups excluding carboxylic acids is 2. The number of hydrogen-bond donors (Lipinski definition) is 0. The number of halogens is 1. The number of carbonyl (C=O) groups is 2. The number of aromatic nitrogens is 1. The highest BCUT2D eigenvalue weighted by Gasteiger charge is 2.24. The fourth-order valence-electron chi connectivity index (χ4n) is 1.17. The van der Waals surface area contributed by atoms with Crippen LogP contribution in [0.4, 0.5) is 0 Å². The van der Waals surface area contributed by atoms with Crippen LogP contribution in [0.5, 0.6) is 0 Å². The third kappa shape index (κ3) is 3.59. The van der Waals surface area contributed by atoms with Gasteiger partial charge in [0.15, 0.2) is 5.69 Å². The molecule has 0 aliphatic rings. The van der Waals surface area contributed by atoms with Crippen LogP contribution in [0, 0.1) is 0 Å². The molecule has 1 heterocycles. The molecule has 0 fully saturated rings. The van der Waals surface area contributed by atoms with E-state index in [2.05, 4.69) is 9.68 Å². The van der Waals surface area contributed by atoms with Crippen LogP contribution in [-0.4, -0.2) is 42.5 Å². The van der Waals surface area contributed by atoms with Gasteiger partial charge in [0.05, 0.1) is 6.61 Å². The third-order valence-corrected chi connectivity index (χ3v) is 2.02. The highest BCUT2D eigenvalue weighted by atomic mass is 35.5. The van der Waals surface area contributed by atoms with Gasteiger partial charge in [0.25, 0.3) is 0 Å². The first kappa shape index (κ1) is 14.2. The maximum atomic E-state index is 12.0. The van der Waals surface area contributed by atoms with E-state index < -0.39 is 11.8 Å². The van der Waals surface area contributed by atoms with E-state index in [0.717, 1.165) is 0 Å². The van der Waals surface area contributed by atoms with Gasteiger partial charge >= 0.3 is 5.97 Å². The van der Waals surface area contributed by atoms with Crippen LogP contribution >= 0.6 is 11.6 Å². The molecule has 0 aliphatic carbocycles. The summed E-state index contributed by atoms with van der Waals surface area (Å²) in [6.07, 6.45) is 1.36. The Morgan fingerprint density at radius 1 is 1.56 bits per heavy atom. The lowest BCUT2D eigenvalue weighted by Crippen LogP contribution is -2.19. The first-order valence-electron chi connectivity index (χ1n) is 5.18. The van der Waals surface area contributed by atoms with Crippen molar-refractivity contribution in [1.29, 1.82) is 0 Å². The van der Waals surface area contributed by atoms with Crippen molar-refractivity contribution in [3.8, 4) is 0 Å². The van der Waals surface area contributed by atoms with Crippen molar-refractivity contribution in [1.82, 2.24) is 10.1 Å². The standard InChI is InChI=1S/C11H13ClN2O4/c1-4-17-11(16)7(6-14(2)3)10(15)8-5-9(12)18-13-8/h5-6H,4H2,1-3H3. The lowest BCUT2D eigenvalue weighted by atomic mass is 10.1. The molecule has 0 saturated heterocycles. The molecule has 1 rings (SSSR count). The van der Waals surface area contributed by atoms with Gasteiger partial charge in [-0.1, -0.05) is 5.16 Å². The van der Waals surface area contributed by atoms with Gasteiger partial charge in [-0.05, 0) is 18.5 Å². The summed E-state index contributed by atoms with van der Waals surface area (Å²) in [6, 6.07) is 1.24. The van der Waals surface area contributed by atoms with Gasteiger partial charge in [-0.25, -0.2) is 4.79 Å². The second-order valence-electron chi connectivity index (χ2n) is 3.57. The van der Waals surface area contributed by atoms with Gasteiger partial charge in [0.2, 0.25) is 11.0 Å². The average Bonchev–Trinajstić information content (AvgIpc) is 2.72. The Morgan fingerprint density at radius 2 is 2.22 bits per heavy atom. The molecule has 0 atom stereocenters. The Morgan fingerprint density at radius 3 is 2.67 bits per heavy atom. The van der Waals surface area contributed by atoms with E-state index in [1.807, 2.05) is 0 Å². The second-order valence-corrected chi connectivity index (χ2v) is 3.94. The summed E-state index contributed by atoms with van der Waals surface area (Å²) in [5.41, 5.74) is -0.173. The highest BCUT2D eigenvalue weighted by molar-refractivity contribution is 6.30. The first-order chi connectivity index (χ1) is 8.45. The van der Waals surface area contributed by atoms with Crippen LogP contribution in [0.1, 0.15) is 17.4 Å². The molecule has 0 bridgehead atoms. The van der Waals surface area contributed by atoms with Crippen molar-refractivity contribution in [2.75, 3.05) is 20.7 Å². The summed E-state index contributed by atoms with van der Waals surface area (Å²) in [5, 5.41) is 3.44. The van der Waals surface area contributed by atoms with E-state index in [4.69, 9.17) is 16.3 Å². The Bertz CT molecular complexity index is 479. The Hall–Kier alpha value is -1.82. The fourth-order valence-corrected chi connectivity index (χ4v) is 1.31. The number of Topliss-reactive ketones (excluding diaryl/α,β-unsaturated/α-hetero) is 1. The molecule has 7 heteroatoms. The molecule has 0 aromatic carbocycles. The zero-order valence-corrected chi connectivity index (χ0v) is 11.0. The van der Waals surface area contributed by atoms with E-state index in [0.29, 0.717) is 0 Å². The molecule has 0 unspecified atom stereocenters. The van der Waals surface area contributed by atoms with E-state index in [1.165, 1.54) is 12.3 Å². The summed E-state index contributed by atoms with van der Waals surface area (Å²) >= 11 is 5.53. The van der Waals surface area contributed by atoms with Gasteiger partial charge in [-0.15, -0.1) is 0 Å². The Labute approximate surface area is 109 Å². The lowest BCUT2D eigenvalue weighted by molar-refractivity contribution is -0.138. The predicted octanol–water partition coefficient (Wildman–Crippen LogP) is 1.52. The molecule has 18 heavy (non-hydrogen) atoms. The van der Waals surface area contributed by atoms with Crippen molar-refractivity contribution >= 4 is 23.4 Å². The van der Waals surface area contributed by atoms with Crippen molar-refractivity contribution in [2.45, 2.75) is 6.92 Å². The van der Waals surface area contributed by atoms with Crippen molar-refractivity contribution in [3.05, 3.63) is 28.8 Å². The highest BCUT2D eigenvalue weighted by Crippen LogP contribution is 2.14. The average molecular weight is 273 g/mol. The summed E-state index contributed by atoms with van der Waals surface area (Å²) < 4.78 is 9.39. The van der Waals surface area contributed by atoms with Crippen molar-refractivity contribution in [3.63, 3.8) is 0 Å². The smallest absolute Gasteiger partial charge is 0.343 e. The van der Waals surface area contributed by atoms with Crippen LogP contribution in [0.3, 0.4) is 0 Å². The minimum Gasteiger partial charge on any atom is -0.462 e. The Kier molecular flexibility index (Phi) is 4.91. The molecule has 0 saturated carbocycles. The number of hydrogen-bond acceptors (Lipinski definition) is 6. The number of rotatable bonds is 5. The van der Waals surface area contributed by atoms with Crippen molar-refractivity contribution in [2.24, 2.45) is 0 Å². The second kappa shape index (κ2) is 6.20. The quantitative estimate of drug-likeness (QED) is 0.266. The SMILES string of the molecule is CCOC(=O)C(=CN(C)C)C(=O)c1cc(Cl)on1. The lowest BCUT2D eigenvalue weighted by Gasteiger charge is -2.09. The van der Waals surface area contributed by atoms with E-state index in [-0.39, 0.29) is 23.1 Å². The molecule has 6 nitrogen and oxygen atoms in total. The molecule has 0 radical (unpaired) electrons. The Balaban J connectivity index is 3.04. The molecule has 1 aromatic rings. The van der Waals surface area contributed by atoms with Gasteiger partial charge < -0.3 is 14.2 Å². The summed E-state index contributed by atoms with van der Waals surface area (Å²) in [7, 11) is 3.37. The largest absolute Gasteiger partial charge is 0.462 e. The minimum atomic E-state index is -0.713. The van der Waals surface area contributed by atoms with Crippen LogP contribution in [-0.2, 0) is 9.53 Å². The molecular weight excluding hydrogens is 260 g/mol. The topological polar surface area (TPSA) is 72.6 Å². The third-order valence-electron chi connectivity index (χ3n) is 1.84. The van der Waals surface area contributed by atoms with Gasteiger partial charge in [0.1, 0.15) is 5.57 Å². The first-order valence-corrected chi connectivity index (χ1v) is 5.55.